The number of hydrogen-bond donors (Lipinski definition) is 1. The molecular weight excluding hydrogens is 267 g/mol. The summed E-state index contributed by atoms with van der Waals surface area (Å²) in [6.07, 6.45) is 0.800. The van der Waals surface area contributed by atoms with E-state index in [-0.39, 0.29) is 11.9 Å². The summed E-state index contributed by atoms with van der Waals surface area (Å²) in [5, 5.41) is 12.6. The Morgan fingerprint density at radius 2 is 1.95 bits per heavy atom. The molecule has 0 aliphatic rings. The van der Waals surface area contributed by atoms with Gasteiger partial charge in [-0.15, -0.1) is 0 Å². The fraction of sp³-hybridized carbons (Fsp3) is 0.235. The van der Waals surface area contributed by atoms with Gasteiger partial charge in [0.15, 0.2) is 0 Å². The van der Waals surface area contributed by atoms with Crippen LogP contribution in [-0.2, 0) is 0 Å². The Morgan fingerprint density at radius 3 is 2.52 bits per heavy atom. The maximum atomic E-state index is 13.0. The van der Waals surface area contributed by atoms with Crippen LogP contribution in [0.4, 0.5) is 10.1 Å². The standard InChI is InChI=1S/C17H17FN2O/c1-3-15(12-7-9-14(18)10-8-12)20-17-13(11-19)5-4-6-16(17)21-2/h4-10,15,20H,3H2,1-2H3. The lowest BCUT2D eigenvalue weighted by atomic mass is 10.0. The molecule has 0 fully saturated rings. The Bertz CT molecular complexity index is 647. The number of halogens is 1. The summed E-state index contributed by atoms with van der Waals surface area (Å²) in [5.41, 5.74) is 2.15. The summed E-state index contributed by atoms with van der Waals surface area (Å²) in [6.45, 7) is 2.03. The lowest BCUT2D eigenvalue weighted by molar-refractivity contribution is 0.415. The molecule has 3 nitrogen and oxygen atoms in total. The summed E-state index contributed by atoms with van der Waals surface area (Å²) < 4.78 is 18.3. The number of nitrogens with one attached hydrogen (secondary N) is 1. The number of benzene rings is 2. The second-order valence-corrected chi connectivity index (χ2v) is 4.65. The third-order valence-corrected chi connectivity index (χ3v) is 3.37. The van der Waals surface area contributed by atoms with Crippen molar-refractivity contribution in [1.82, 2.24) is 0 Å². The van der Waals surface area contributed by atoms with Crippen LogP contribution in [0, 0.1) is 17.1 Å². The normalized spacial score (nSPS) is 11.5. The first-order chi connectivity index (χ1) is 10.2. The number of ether oxygens (including phenoxy) is 1. The van der Waals surface area contributed by atoms with Crippen LogP contribution in [0.1, 0.15) is 30.5 Å². The van der Waals surface area contributed by atoms with E-state index in [0.29, 0.717) is 17.0 Å². The molecule has 0 saturated heterocycles. The monoisotopic (exact) mass is 284 g/mol. The lowest BCUT2D eigenvalue weighted by Crippen LogP contribution is -2.11. The predicted octanol–water partition coefficient (Wildman–Crippen LogP) is 4.27. The first kappa shape index (κ1) is 14.9. The Balaban J connectivity index is 2.35. The number of hydrogen-bond acceptors (Lipinski definition) is 3. The van der Waals surface area contributed by atoms with Crippen LogP contribution in [0.3, 0.4) is 0 Å². The number of rotatable bonds is 5. The van der Waals surface area contributed by atoms with E-state index < -0.39 is 0 Å². The van der Waals surface area contributed by atoms with Gasteiger partial charge in [0, 0.05) is 0 Å². The van der Waals surface area contributed by atoms with Gasteiger partial charge in [0.1, 0.15) is 17.6 Å². The van der Waals surface area contributed by atoms with E-state index in [4.69, 9.17) is 4.74 Å². The quantitative estimate of drug-likeness (QED) is 0.891. The molecule has 0 aromatic heterocycles. The van der Waals surface area contributed by atoms with Crippen molar-refractivity contribution >= 4 is 5.69 Å². The maximum Gasteiger partial charge on any atom is 0.143 e. The molecule has 2 aromatic carbocycles. The van der Waals surface area contributed by atoms with Crippen molar-refractivity contribution in [2.75, 3.05) is 12.4 Å². The smallest absolute Gasteiger partial charge is 0.143 e. The number of nitrogens with zero attached hydrogens (tertiary/aromatic N) is 1. The van der Waals surface area contributed by atoms with E-state index in [2.05, 4.69) is 11.4 Å². The summed E-state index contributed by atoms with van der Waals surface area (Å²) in [7, 11) is 1.57. The highest BCUT2D eigenvalue weighted by molar-refractivity contribution is 5.67. The maximum absolute atomic E-state index is 13.0. The Labute approximate surface area is 124 Å². The topological polar surface area (TPSA) is 45.0 Å². The minimum atomic E-state index is -0.261. The summed E-state index contributed by atoms with van der Waals surface area (Å²) in [4.78, 5) is 0. The zero-order chi connectivity index (χ0) is 15.2. The van der Waals surface area contributed by atoms with Crippen LogP contribution in [0.15, 0.2) is 42.5 Å². The highest BCUT2D eigenvalue weighted by Gasteiger charge is 2.15. The first-order valence-corrected chi connectivity index (χ1v) is 6.78. The average molecular weight is 284 g/mol. The van der Waals surface area contributed by atoms with Gasteiger partial charge in [-0.3, -0.25) is 0 Å². The summed E-state index contributed by atoms with van der Waals surface area (Å²) in [6, 6.07) is 13.8. The molecule has 2 aromatic rings. The Hall–Kier alpha value is -2.54. The van der Waals surface area contributed by atoms with Crippen LogP contribution in [0.2, 0.25) is 0 Å². The van der Waals surface area contributed by atoms with Crippen molar-refractivity contribution in [3.05, 3.63) is 59.4 Å². The molecule has 1 N–H and O–H groups in total. The summed E-state index contributed by atoms with van der Waals surface area (Å²) >= 11 is 0. The van der Waals surface area contributed by atoms with Crippen molar-refractivity contribution in [2.24, 2.45) is 0 Å². The molecular formula is C17H17FN2O. The van der Waals surface area contributed by atoms with Crippen molar-refractivity contribution in [3.8, 4) is 11.8 Å². The number of nitriles is 1. The van der Waals surface area contributed by atoms with Crippen molar-refractivity contribution in [3.63, 3.8) is 0 Å². The van der Waals surface area contributed by atoms with E-state index in [1.165, 1.54) is 12.1 Å². The molecule has 4 heteroatoms. The number of para-hydroxylation sites is 1. The van der Waals surface area contributed by atoms with Crippen LogP contribution < -0.4 is 10.1 Å². The molecule has 0 saturated carbocycles. The van der Waals surface area contributed by atoms with Gasteiger partial charge < -0.3 is 10.1 Å². The number of anilines is 1. The Kier molecular flexibility index (Phi) is 4.78. The molecule has 2 rings (SSSR count). The van der Waals surface area contributed by atoms with Crippen molar-refractivity contribution in [2.45, 2.75) is 19.4 Å². The van der Waals surface area contributed by atoms with Gasteiger partial charge in [0.2, 0.25) is 0 Å². The van der Waals surface area contributed by atoms with Crippen molar-refractivity contribution in [1.29, 1.82) is 5.26 Å². The highest BCUT2D eigenvalue weighted by atomic mass is 19.1. The molecule has 0 aliphatic carbocycles. The lowest BCUT2D eigenvalue weighted by Gasteiger charge is -2.21. The second kappa shape index (κ2) is 6.76. The number of methoxy groups -OCH3 is 1. The molecule has 21 heavy (non-hydrogen) atoms. The van der Waals surface area contributed by atoms with Gasteiger partial charge in [0.05, 0.1) is 24.4 Å². The van der Waals surface area contributed by atoms with Gasteiger partial charge in [-0.05, 0) is 36.2 Å². The second-order valence-electron chi connectivity index (χ2n) is 4.65. The molecule has 0 radical (unpaired) electrons. The molecule has 0 bridgehead atoms. The summed E-state index contributed by atoms with van der Waals surface area (Å²) in [5.74, 6) is 0.359. The van der Waals surface area contributed by atoms with Crippen LogP contribution in [0.5, 0.6) is 5.75 Å². The van der Waals surface area contributed by atoms with Crippen LogP contribution >= 0.6 is 0 Å². The Morgan fingerprint density at radius 1 is 1.24 bits per heavy atom. The molecule has 108 valence electrons. The fourth-order valence-corrected chi connectivity index (χ4v) is 2.23. The van der Waals surface area contributed by atoms with Gasteiger partial charge in [0.25, 0.3) is 0 Å². The SMILES string of the molecule is CCC(Nc1c(C#N)cccc1OC)c1ccc(F)cc1. The zero-order valence-electron chi connectivity index (χ0n) is 12.1. The van der Waals surface area contributed by atoms with E-state index >= 15 is 0 Å². The molecule has 0 amide bonds. The molecule has 1 unspecified atom stereocenters. The molecule has 0 aliphatic heterocycles. The minimum Gasteiger partial charge on any atom is -0.495 e. The van der Waals surface area contributed by atoms with Crippen LogP contribution in [0.25, 0.3) is 0 Å². The predicted molar refractivity (Wildman–Crippen MR) is 80.8 cm³/mol. The molecule has 0 spiro atoms. The van der Waals surface area contributed by atoms with E-state index in [0.717, 1.165) is 12.0 Å². The van der Waals surface area contributed by atoms with Crippen LogP contribution in [-0.4, -0.2) is 7.11 Å². The van der Waals surface area contributed by atoms with Gasteiger partial charge in [-0.2, -0.15) is 5.26 Å². The minimum absolute atomic E-state index is 0.0194. The third-order valence-electron chi connectivity index (χ3n) is 3.37. The average Bonchev–Trinajstić information content (AvgIpc) is 2.53. The third kappa shape index (κ3) is 3.32. The zero-order valence-corrected chi connectivity index (χ0v) is 12.1. The van der Waals surface area contributed by atoms with Gasteiger partial charge in [-0.25, -0.2) is 4.39 Å². The largest absolute Gasteiger partial charge is 0.495 e. The van der Waals surface area contributed by atoms with Crippen molar-refractivity contribution < 1.29 is 9.13 Å². The van der Waals surface area contributed by atoms with E-state index in [1.807, 2.05) is 6.92 Å². The van der Waals surface area contributed by atoms with E-state index in [1.54, 1.807) is 37.4 Å². The fourth-order valence-electron chi connectivity index (χ4n) is 2.23. The molecule has 1 atom stereocenters. The molecule has 0 heterocycles. The van der Waals surface area contributed by atoms with Gasteiger partial charge >= 0.3 is 0 Å². The van der Waals surface area contributed by atoms with E-state index in [9.17, 15) is 9.65 Å². The highest BCUT2D eigenvalue weighted by Crippen LogP contribution is 2.32. The first-order valence-electron chi connectivity index (χ1n) is 6.78. The van der Waals surface area contributed by atoms with Gasteiger partial charge in [-0.1, -0.05) is 25.1 Å².